The fourth-order valence-electron chi connectivity index (χ4n) is 3.67. The predicted octanol–water partition coefficient (Wildman–Crippen LogP) is 3.22. The van der Waals surface area contributed by atoms with Crippen molar-refractivity contribution in [2.75, 3.05) is 13.1 Å². The van der Waals surface area contributed by atoms with Crippen LogP contribution in [0, 0.1) is 11.3 Å². The van der Waals surface area contributed by atoms with E-state index in [2.05, 4.69) is 27.8 Å². The summed E-state index contributed by atoms with van der Waals surface area (Å²) < 4.78 is 2.02. The highest BCUT2D eigenvalue weighted by molar-refractivity contribution is 6.31. The van der Waals surface area contributed by atoms with E-state index >= 15 is 0 Å². The Morgan fingerprint density at radius 1 is 1.38 bits per heavy atom. The molecule has 1 aliphatic rings. The molecule has 3 heterocycles. The van der Waals surface area contributed by atoms with Crippen LogP contribution in [0.15, 0.2) is 36.7 Å². The number of nitriles is 1. The van der Waals surface area contributed by atoms with E-state index in [1.165, 1.54) is 0 Å². The number of nitrogens with zero attached hydrogens (tertiary/aromatic N) is 3. The van der Waals surface area contributed by atoms with Crippen LogP contribution in [0.3, 0.4) is 0 Å². The summed E-state index contributed by atoms with van der Waals surface area (Å²) in [7, 11) is 1.96. The molecule has 1 aliphatic heterocycles. The first-order chi connectivity index (χ1) is 12.7. The Kier molecular flexibility index (Phi) is 4.64. The smallest absolute Gasteiger partial charge is 0.102 e. The first kappa shape index (κ1) is 17.0. The van der Waals surface area contributed by atoms with Crippen LogP contribution in [-0.4, -0.2) is 28.7 Å². The highest BCUT2D eigenvalue weighted by Gasteiger charge is 2.18. The number of aryl methyl sites for hydroxylation is 1. The Hall–Kier alpha value is -2.39. The zero-order valence-electron chi connectivity index (χ0n) is 14.6. The van der Waals surface area contributed by atoms with Gasteiger partial charge in [0.2, 0.25) is 0 Å². The van der Waals surface area contributed by atoms with E-state index in [0.29, 0.717) is 16.6 Å². The molecule has 2 aromatic heterocycles. The molecular weight excluding hydrogens is 346 g/mol. The van der Waals surface area contributed by atoms with Crippen molar-refractivity contribution >= 4 is 22.5 Å². The van der Waals surface area contributed by atoms with Gasteiger partial charge >= 0.3 is 0 Å². The Morgan fingerprint density at radius 2 is 2.27 bits per heavy atom. The summed E-state index contributed by atoms with van der Waals surface area (Å²) in [6, 6.07) is 10.6. The second-order valence-electron chi connectivity index (χ2n) is 6.71. The molecule has 0 saturated carbocycles. The van der Waals surface area contributed by atoms with Crippen molar-refractivity contribution in [1.29, 1.82) is 5.26 Å². The van der Waals surface area contributed by atoms with Gasteiger partial charge in [-0.2, -0.15) is 5.26 Å². The average Bonchev–Trinajstić information content (AvgIpc) is 3.26. The van der Waals surface area contributed by atoms with E-state index in [1.807, 2.05) is 42.2 Å². The monoisotopic (exact) mass is 365 g/mol. The second kappa shape index (κ2) is 7.08. The Balaban J connectivity index is 1.72. The quantitative estimate of drug-likeness (QED) is 0.745. The number of halogens is 1. The van der Waals surface area contributed by atoms with Crippen LogP contribution >= 0.6 is 11.6 Å². The standard InChI is InChI=1S/C20H20ClN5/c1-26-19-7-15(21)2-3-17(19)18(8-22)20(26)14-6-13(9-24-11-14)10-25-16-4-5-23-12-16/h2-3,6-7,9,11,16,23,25H,4-5,10,12H2,1H3. The van der Waals surface area contributed by atoms with Crippen LogP contribution in [0.2, 0.25) is 5.02 Å². The van der Waals surface area contributed by atoms with E-state index < -0.39 is 0 Å². The third-order valence-electron chi connectivity index (χ3n) is 5.00. The minimum atomic E-state index is 0.507. The molecule has 4 rings (SSSR count). The van der Waals surface area contributed by atoms with Gasteiger partial charge in [0.25, 0.3) is 0 Å². The summed E-state index contributed by atoms with van der Waals surface area (Å²) in [5.41, 5.74) is 4.54. The summed E-state index contributed by atoms with van der Waals surface area (Å²) in [5, 5.41) is 18.2. The van der Waals surface area contributed by atoms with E-state index in [9.17, 15) is 5.26 Å². The number of benzene rings is 1. The summed E-state index contributed by atoms with van der Waals surface area (Å²) in [6.45, 7) is 2.85. The molecular formula is C20H20ClN5. The van der Waals surface area contributed by atoms with Gasteiger partial charge in [-0.05, 0) is 42.8 Å². The van der Waals surface area contributed by atoms with E-state index in [4.69, 9.17) is 11.6 Å². The summed E-state index contributed by atoms with van der Waals surface area (Å²) in [5.74, 6) is 0. The molecule has 0 amide bonds. The van der Waals surface area contributed by atoms with Gasteiger partial charge in [0.1, 0.15) is 6.07 Å². The van der Waals surface area contributed by atoms with Gasteiger partial charge in [0.05, 0.1) is 16.8 Å². The Bertz CT molecular complexity index is 995. The summed E-state index contributed by atoms with van der Waals surface area (Å²) >= 11 is 6.15. The molecule has 1 aromatic carbocycles. The lowest BCUT2D eigenvalue weighted by Crippen LogP contribution is -2.30. The molecule has 1 fully saturated rings. The average molecular weight is 366 g/mol. The molecule has 3 aromatic rings. The van der Waals surface area contributed by atoms with Crippen molar-refractivity contribution in [1.82, 2.24) is 20.2 Å². The topological polar surface area (TPSA) is 65.7 Å². The summed E-state index contributed by atoms with van der Waals surface area (Å²) in [6.07, 6.45) is 4.84. The van der Waals surface area contributed by atoms with Gasteiger partial charge in [0.15, 0.2) is 0 Å². The van der Waals surface area contributed by atoms with Gasteiger partial charge in [-0.15, -0.1) is 0 Å². The third-order valence-corrected chi connectivity index (χ3v) is 5.23. The van der Waals surface area contributed by atoms with Crippen LogP contribution in [0.25, 0.3) is 22.2 Å². The lowest BCUT2D eigenvalue weighted by molar-refractivity contribution is 0.547. The first-order valence-electron chi connectivity index (χ1n) is 8.74. The lowest BCUT2D eigenvalue weighted by atomic mass is 10.1. The van der Waals surface area contributed by atoms with Crippen molar-refractivity contribution in [3.8, 4) is 17.3 Å². The van der Waals surface area contributed by atoms with Crippen LogP contribution in [0.4, 0.5) is 0 Å². The van der Waals surface area contributed by atoms with Crippen LogP contribution in [-0.2, 0) is 13.6 Å². The highest BCUT2D eigenvalue weighted by Crippen LogP contribution is 2.33. The maximum absolute atomic E-state index is 9.74. The van der Waals surface area contributed by atoms with Gasteiger partial charge < -0.3 is 15.2 Å². The second-order valence-corrected chi connectivity index (χ2v) is 7.14. The molecule has 5 nitrogen and oxygen atoms in total. The zero-order valence-corrected chi connectivity index (χ0v) is 15.3. The fraction of sp³-hybridized carbons (Fsp3) is 0.300. The predicted molar refractivity (Wildman–Crippen MR) is 104 cm³/mol. The molecule has 0 radical (unpaired) electrons. The Labute approximate surface area is 157 Å². The molecule has 2 N–H and O–H groups in total. The molecule has 1 unspecified atom stereocenters. The summed E-state index contributed by atoms with van der Waals surface area (Å²) in [4.78, 5) is 4.41. The molecule has 1 atom stereocenters. The van der Waals surface area contributed by atoms with Crippen molar-refractivity contribution in [2.24, 2.45) is 7.05 Å². The maximum atomic E-state index is 9.74. The molecule has 6 heteroatoms. The highest BCUT2D eigenvalue weighted by atomic mass is 35.5. The van der Waals surface area contributed by atoms with Crippen molar-refractivity contribution in [2.45, 2.75) is 19.0 Å². The minimum absolute atomic E-state index is 0.507. The van der Waals surface area contributed by atoms with Gasteiger partial charge in [-0.3, -0.25) is 4.98 Å². The Morgan fingerprint density at radius 3 is 3.04 bits per heavy atom. The van der Waals surface area contributed by atoms with Crippen LogP contribution < -0.4 is 10.6 Å². The van der Waals surface area contributed by atoms with Crippen LogP contribution in [0.1, 0.15) is 17.5 Å². The van der Waals surface area contributed by atoms with Gasteiger partial charge in [-0.25, -0.2) is 0 Å². The van der Waals surface area contributed by atoms with E-state index in [1.54, 1.807) is 0 Å². The number of pyridine rings is 1. The fourth-order valence-corrected chi connectivity index (χ4v) is 3.83. The number of nitrogens with one attached hydrogen (secondary N) is 2. The largest absolute Gasteiger partial charge is 0.342 e. The van der Waals surface area contributed by atoms with Crippen LogP contribution in [0.5, 0.6) is 0 Å². The minimum Gasteiger partial charge on any atom is -0.342 e. The SMILES string of the molecule is Cn1c(-c2cncc(CNC3CCNC3)c2)c(C#N)c2ccc(Cl)cc21. The molecule has 0 spiro atoms. The normalized spacial score (nSPS) is 16.9. The number of rotatable bonds is 4. The molecule has 132 valence electrons. The maximum Gasteiger partial charge on any atom is 0.102 e. The first-order valence-corrected chi connectivity index (χ1v) is 9.11. The van der Waals surface area contributed by atoms with Crippen molar-refractivity contribution in [3.63, 3.8) is 0 Å². The third kappa shape index (κ3) is 3.08. The number of hydrogen-bond donors (Lipinski definition) is 2. The van der Waals surface area contributed by atoms with Crippen molar-refractivity contribution in [3.05, 3.63) is 52.8 Å². The van der Waals surface area contributed by atoms with Crippen molar-refractivity contribution < 1.29 is 0 Å². The van der Waals surface area contributed by atoms with E-state index in [0.717, 1.165) is 53.8 Å². The van der Waals surface area contributed by atoms with Gasteiger partial charge in [0, 0.05) is 54.5 Å². The molecule has 0 aliphatic carbocycles. The van der Waals surface area contributed by atoms with E-state index in [-0.39, 0.29) is 0 Å². The van der Waals surface area contributed by atoms with Gasteiger partial charge in [-0.1, -0.05) is 11.6 Å². The number of hydrogen-bond acceptors (Lipinski definition) is 4. The molecule has 1 saturated heterocycles. The number of aromatic nitrogens is 2. The lowest BCUT2D eigenvalue weighted by Gasteiger charge is -2.12. The molecule has 26 heavy (non-hydrogen) atoms. The number of fused-ring (bicyclic) bond motifs is 1. The zero-order chi connectivity index (χ0) is 18.1. The molecule has 0 bridgehead atoms.